The third kappa shape index (κ3) is 3.59. The highest BCUT2D eigenvalue weighted by atomic mass is 16.5. The van der Waals surface area contributed by atoms with E-state index in [0.29, 0.717) is 28.3 Å². The Bertz CT molecular complexity index is 1410. The molecular formula is C26H22N2O8. The molecule has 1 aromatic carbocycles. The van der Waals surface area contributed by atoms with Gasteiger partial charge in [0.2, 0.25) is 5.76 Å². The average molecular weight is 490 g/mol. The van der Waals surface area contributed by atoms with Gasteiger partial charge >= 0.3 is 11.9 Å². The Balaban J connectivity index is 1.90. The van der Waals surface area contributed by atoms with E-state index in [1.54, 1.807) is 60.7 Å². The molecule has 3 aromatic heterocycles. The van der Waals surface area contributed by atoms with Gasteiger partial charge in [-0.25, -0.2) is 9.59 Å². The number of nitrogens with zero attached hydrogens (tertiary/aromatic N) is 2. The molecule has 4 heterocycles. The summed E-state index contributed by atoms with van der Waals surface area (Å²) in [5, 5.41) is 11.7. The second-order valence-electron chi connectivity index (χ2n) is 7.92. The summed E-state index contributed by atoms with van der Waals surface area (Å²) >= 11 is 0. The second kappa shape index (κ2) is 9.23. The fourth-order valence-electron chi connectivity index (χ4n) is 4.41. The number of pyridine rings is 1. The number of aliphatic hydroxyl groups is 1. The highest BCUT2D eigenvalue weighted by Gasteiger charge is 2.45. The number of hydrogen-bond donors (Lipinski definition) is 1. The molecule has 2 atom stereocenters. The molecule has 4 aromatic rings. The summed E-state index contributed by atoms with van der Waals surface area (Å²) in [4.78, 5) is 32.0. The summed E-state index contributed by atoms with van der Waals surface area (Å²) in [6.45, 7) is 0. The number of fused-ring (bicyclic) bond motifs is 3. The second-order valence-corrected chi connectivity index (χ2v) is 7.92. The molecule has 0 fully saturated rings. The molecule has 0 amide bonds. The Morgan fingerprint density at radius 3 is 2.39 bits per heavy atom. The van der Waals surface area contributed by atoms with Gasteiger partial charge in [0.15, 0.2) is 5.76 Å². The number of aliphatic hydroxyl groups excluding tert-OH is 1. The molecule has 1 aliphatic rings. The average Bonchev–Trinajstić information content (AvgIpc) is 3.54. The number of carbonyl (C=O) groups is 2. The fraction of sp³-hybridized carbons (Fsp3) is 0.192. The monoisotopic (exact) mass is 490 g/mol. The van der Waals surface area contributed by atoms with Gasteiger partial charge in [-0.15, -0.1) is 0 Å². The molecule has 1 aliphatic heterocycles. The first kappa shape index (κ1) is 23.2. The van der Waals surface area contributed by atoms with Crippen molar-refractivity contribution in [2.45, 2.75) is 12.1 Å². The molecule has 10 heteroatoms. The fourth-order valence-corrected chi connectivity index (χ4v) is 4.41. The van der Waals surface area contributed by atoms with E-state index in [-0.39, 0.29) is 22.8 Å². The predicted octanol–water partition coefficient (Wildman–Crippen LogP) is 4.44. The standard InChI is InChI=1S/C26H22N2O8/c1-32-15-9-7-14(8-10-15)28-20(18-6-4-5-11-27-18)22(29)16-12-35-13-17(16)23-21(28)19(25(30)33-2)24(36-23)26(31)34-3/h4-13,20,22,29H,1-3H3/t20-,22-/m0/s1. The Morgan fingerprint density at radius 2 is 1.75 bits per heavy atom. The molecule has 36 heavy (non-hydrogen) atoms. The summed E-state index contributed by atoms with van der Waals surface area (Å²) in [5.74, 6) is -1.28. The van der Waals surface area contributed by atoms with E-state index in [4.69, 9.17) is 23.0 Å². The third-order valence-electron chi connectivity index (χ3n) is 6.06. The Hall–Kier alpha value is -4.57. The van der Waals surface area contributed by atoms with Crippen molar-refractivity contribution < 1.29 is 37.7 Å². The third-order valence-corrected chi connectivity index (χ3v) is 6.06. The molecule has 0 aliphatic carbocycles. The molecule has 0 spiro atoms. The Kier molecular flexibility index (Phi) is 5.95. The van der Waals surface area contributed by atoms with Crippen LogP contribution in [0.25, 0.3) is 11.3 Å². The van der Waals surface area contributed by atoms with Gasteiger partial charge in [-0.3, -0.25) is 4.98 Å². The molecule has 0 saturated heterocycles. The van der Waals surface area contributed by atoms with Crippen LogP contribution in [0.3, 0.4) is 0 Å². The lowest BCUT2D eigenvalue weighted by Crippen LogP contribution is -2.30. The summed E-state index contributed by atoms with van der Waals surface area (Å²) < 4.78 is 26.6. The van der Waals surface area contributed by atoms with E-state index in [9.17, 15) is 14.7 Å². The van der Waals surface area contributed by atoms with Crippen LogP contribution in [0.2, 0.25) is 0 Å². The Morgan fingerprint density at radius 1 is 1.00 bits per heavy atom. The van der Waals surface area contributed by atoms with E-state index in [2.05, 4.69) is 4.98 Å². The van der Waals surface area contributed by atoms with E-state index in [1.807, 2.05) is 0 Å². The van der Waals surface area contributed by atoms with Crippen LogP contribution in [0.1, 0.15) is 44.3 Å². The van der Waals surface area contributed by atoms with Crippen LogP contribution in [-0.2, 0) is 9.47 Å². The normalized spacial score (nSPS) is 16.5. The highest BCUT2D eigenvalue weighted by Crippen LogP contribution is 2.54. The van der Waals surface area contributed by atoms with Crippen molar-refractivity contribution in [2.75, 3.05) is 26.2 Å². The van der Waals surface area contributed by atoms with Crippen LogP contribution in [0, 0.1) is 0 Å². The van der Waals surface area contributed by atoms with Crippen LogP contribution in [0.4, 0.5) is 11.4 Å². The quantitative estimate of drug-likeness (QED) is 0.401. The smallest absolute Gasteiger partial charge is 0.374 e. The molecule has 0 unspecified atom stereocenters. The summed E-state index contributed by atoms with van der Waals surface area (Å²) in [6, 6.07) is 11.4. The van der Waals surface area contributed by atoms with Crippen molar-refractivity contribution in [2.24, 2.45) is 0 Å². The number of aromatic nitrogens is 1. The molecule has 184 valence electrons. The zero-order chi connectivity index (χ0) is 25.4. The Labute approximate surface area is 205 Å². The summed E-state index contributed by atoms with van der Waals surface area (Å²) in [7, 11) is 3.93. The number of rotatable bonds is 5. The molecule has 10 nitrogen and oxygen atoms in total. The van der Waals surface area contributed by atoms with Gasteiger partial charge < -0.3 is 33.1 Å². The largest absolute Gasteiger partial charge is 0.497 e. The van der Waals surface area contributed by atoms with E-state index in [1.165, 1.54) is 26.7 Å². The number of ether oxygens (including phenoxy) is 3. The van der Waals surface area contributed by atoms with Crippen LogP contribution in [0.15, 0.2) is 70.0 Å². The van der Waals surface area contributed by atoms with Crippen molar-refractivity contribution in [1.82, 2.24) is 4.98 Å². The first-order chi connectivity index (χ1) is 17.5. The number of carbonyl (C=O) groups excluding carboxylic acids is 2. The number of esters is 2. The number of methoxy groups -OCH3 is 3. The lowest BCUT2D eigenvalue weighted by molar-refractivity contribution is 0.0529. The van der Waals surface area contributed by atoms with Gasteiger partial charge in [0.1, 0.15) is 35.4 Å². The first-order valence-corrected chi connectivity index (χ1v) is 10.9. The van der Waals surface area contributed by atoms with Crippen molar-refractivity contribution >= 4 is 23.3 Å². The number of benzene rings is 1. The van der Waals surface area contributed by atoms with Gasteiger partial charge in [-0.1, -0.05) is 6.07 Å². The van der Waals surface area contributed by atoms with Crippen molar-refractivity contribution in [3.63, 3.8) is 0 Å². The molecule has 5 rings (SSSR count). The van der Waals surface area contributed by atoms with Crippen LogP contribution < -0.4 is 9.64 Å². The minimum absolute atomic E-state index is 0.132. The maximum atomic E-state index is 13.1. The van der Waals surface area contributed by atoms with Gasteiger partial charge in [0, 0.05) is 17.4 Å². The van der Waals surface area contributed by atoms with Crippen LogP contribution in [0.5, 0.6) is 5.75 Å². The lowest BCUT2D eigenvalue weighted by atomic mass is 9.98. The maximum absolute atomic E-state index is 13.1. The van der Waals surface area contributed by atoms with E-state index >= 15 is 0 Å². The van der Waals surface area contributed by atoms with Crippen molar-refractivity contribution in [3.05, 3.63) is 83.8 Å². The number of hydrogen-bond acceptors (Lipinski definition) is 10. The maximum Gasteiger partial charge on any atom is 0.374 e. The number of anilines is 2. The molecule has 0 saturated carbocycles. The summed E-state index contributed by atoms with van der Waals surface area (Å²) in [5.41, 5.74) is 1.87. The molecule has 0 bridgehead atoms. The van der Waals surface area contributed by atoms with Crippen molar-refractivity contribution in [1.29, 1.82) is 0 Å². The predicted molar refractivity (Wildman–Crippen MR) is 126 cm³/mol. The van der Waals surface area contributed by atoms with Gasteiger partial charge in [-0.05, 0) is 36.4 Å². The van der Waals surface area contributed by atoms with Crippen LogP contribution in [-0.4, -0.2) is 43.4 Å². The highest BCUT2D eigenvalue weighted by molar-refractivity contribution is 6.09. The van der Waals surface area contributed by atoms with E-state index < -0.39 is 24.1 Å². The van der Waals surface area contributed by atoms with Crippen LogP contribution >= 0.6 is 0 Å². The number of furan rings is 2. The van der Waals surface area contributed by atoms with E-state index in [0.717, 1.165) is 0 Å². The molecular weight excluding hydrogens is 468 g/mol. The zero-order valence-corrected chi connectivity index (χ0v) is 19.6. The van der Waals surface area contributed by atoms with Crippen molar-refractivity contribution in [3.8, 4) is 17.1 Å². The minimum Gasteiger partial charge on any atom is -0.497 e. The SMILES string of the molecule is COC(=O)c1oc2c(c1C(=O)OC)N(c1ccc(OC)cc1)[C@@H](c1ccccn1)[C@@H](O)c1cocc1-2. The topological polar surface area (TPSA) is 124 Å². The first-order valence-electron chi connectivity index (χ1n) is 10.9. The minimum atomic E-state index is -1.16. The zero-order valence-electron chi connectivity index (χ0n) is 19.6. The van der Waals surface area contributed by atoms with Gasteiger partial charge in [-0.2, -0.15) is 0 Å². The summed E-state index contributed by atoms with van der Waals surface area (Å²) in [6.07, 6.45) is 3.23. The van der Waals surface area contributed by atoms with Gasteiger partial charge in [0.25, 0.3) is 0 Å². The lowest BCUT2D eigenvalue weighted by Gasteiger charge is -2.34. The molecule has 0 radical (unpaired) electrons. The van der Waals surface area contributed by atoms with Gasteiger partial charge in [0.05, 0.1) is 38.8 Å². The molecule has 1 N–H and O–H groups in total.